The van der Waals surface area contributed by atoms with E-state index in [1.165, 1.54) is 11.9 Å². The molecule has 0 heterocycles. The molecule has 1 rings (SSSR count). The number of carbonyl (C=O) groups excluding carboxylic acids is 1. The van der Waals surface area contributed by atoms with Gasteiger partial charge < -0.3 is 10.0 Å². The average Bonchev–Trinajstić information content (AvgIpc) is 2.21. The molecule has 0 aromatic heterocycles. The largest absolute Gasteiger partial charge is 0.507 e. The molecule has 0 aliphatic heterocycles. The molecule has 1 aromatic carbocycles. The third-order valence-electron chi connectivity index (χ3n) is 1.86. The summed E-state index contributed by atoms with van der Waals surface area (Å²) in [5, 5.41) is 9.36. The van der Waals surface area contributed by atoms with Gasteiger partial charge in [0.05, 0.1) is 12.1 Å². The Hall–Kier alpha value is -2.02. The van der Waals surface area contributed by atoms with E-state index >= 15 is 0 Å². The number of carbonyl (C=O) groups is 1. The van der Waals surface area contributed by atoms with E-state index in [0.717, 1.165) is 18.2 Å². The predicted molar refractivity (Wildman–Crippen MR) is 53.9 cm³/mol. The van der Waals surface area contributed by atoms with Crippen LogP contribution in [0.4, 0.5) is 4.39 Å². The molecule has 0 radical (unpaired) electrons. The van der Waals surface area contributed by atoms with Crippen LogP contribution in [0.15, 0.2) is 18.2 Å². The number of hydrogen-bond donors (Lipinski definition) is 1. The molecule has 0 spiro atoms. The molecule has 1 aromatic rings. The highest BCUT2D eigenvalue weighted by Crippen LogP contribution is 2.19. The van der Waals surface area contributed by atoms with Crippen molar-refractivity contribution in [2.45, 2.75) is 0 Å². The highest BCUT2D eigenvalue weighted by atomic mass is 19.1. The Balaban J connectivity index is 3.01. The van der Waals surface area contributed by atoms with Crippen LogP contribution >= 0.6 is 0 Å². The molecule has 15 heavy (non-hydrogen) atoms. The van der Waals surface area contributed by atoms with E-state index in [-0.39, 0.29) is 17.9 Å². The van der Waals surface area contributed by atoms with E-state index in [1.807, 2.05) is 0 Å². The number of phenols is 1. The van der Waals surface area contributed by atoms with Crippen LogP contribution in [0.5, 0.6) is 5.75 Å². The zero-order chi connectivity index (χ0) is 11.4. The summed E-state index contributed by atoms with van der Waals surface area (Å²) in [5.74, 6) is 0.935. The van der Waals surface area contributed by atoms with Crippen molar-refractivity contribution < 1.29 is 14.3 Å². The van der Waals surface area contributed by atoms with Crippen molar-refractivity contribution in [1.29, 1.82) is 0 Å². The molecule has 0 saturated carbocycles. The van der Waals surface area contributed by atoms with Gasteiger partial charge in [0, 0.05) is 7.05 Å². The lowest BCUT2D eigenvalue weighted by Crippen LogP contribution is -2.27. The fourth-order valence-electron chi connectivity index (χ4n) is 1.09. The minimum absolute atomic E-state index is 0.0900. The smallest absolute Gasteiger partial charge is 0.258 e. The van der Waals surface area contributed by atoms with Gasteiger partial charge in [-0.05, 0) is 18.2 Å². The maximum atomic E-state index is 12.8. The summed E-state index contributed by atoms with van der Waals surface area (Å²) in [6.07, 6.45) is 5.03. The normalized spacial score (nSPS) is 9.40. The summed E-state index contributed by atoms with van der Waals surface area (Å²) in [7, 11) is 1.48. The van der Waals surface area contributed by atoms with E-state index in [9.17, 15) is 14.3 Å². The van der Waals surface area contributed by atoms with E-state index in [2.05, 4.69) is 5.92 Å². The maximum Gasteiger partial charge on any atom is 0.258 e. The van der Waals surface area contributed by atoms with Crippen LogP contribution in [0.25, 0.3) is 0 Å². The predicted octanol–water partition coefficient (Wildman–Crippen LogP) is 1.24. The molecule has 0 aliphatic rings. The number of amides is 1. The minimum atomic E-state index is -0.578. The van der Waals surface area contributed by atoms with Crippen LogP contribution in [-0.2, 0) is 0 Å². The Labute approximate surface area is 87.1 Å². The molecule has 0 atom stereocenters. The molecule has 1 amide bonds. The number of halogens is 1. The molecule has 3 nitrogen and oxygen atoms in total. The standard InChI is InChI=1S/C11H10FNO2/c1-3-6-13(2)11(15)9-7-8(12)4-5-10(9)14/h1,4-5,7,14H,6H2,2H3. The van der Waals surface area contributed by atoms with E-state index in [1.54, 1.807) is 0 Å². The van der Waals surface area contributed by atoms with Crippen molar-refractivity contribution in [1.82, 2.24) is 4.90 Å². The van der Waals surface area contributed by atoms with Crippen LogP contribution in [0.2, 0.25) is 0 Å². The van der Waals surface area contributed by atoms with E-state index in [0.29, 0.717) is 0 Å². The second kappa shape index (κ2) is 4.47. The first-order valence-corrected chi connectivity index (χ1v) is 4.23. The van der Waals surface area contributed by atoms with Crippen molar-refractivity contribution in [3.05, 3.63) is 29.6 Å². The molecule has 0 unspecified atom stereocenters. The zero-order valence-corrected chi connectivity index (χ0v) is 8.20. The van der Waals surface area contributed by atoms with Crippen molar-refractivity contribution >= 4 is 5.91 Å². The van der Waals surface area contributed by atoms with E-state index in [4.69, 9.17) is 6.42 Å². The third kappa shape index (κ3) is 2.47. The SMILES string of the molecule is C#CCN(C)C(=O)c1cc(F)ccc1O. The fraction of sp³-hybridized carbons (Fsp3) is 0.182. The Morgan fingerprint density at radius 3 is 2.93 bits per heavy atom. The Kier molecular flexibility index (Phi) is 3.29. The quantitative estimate of drug-likeness (QED) is 0.741. The van der Waals surface area contributed by atoms with Gasteiger partial charge >= 0.3 is 0 Å². The molecule has 78 valence electrons. The number of phenolic OH excluding ortho intramolecular Hbond substituents is 1. The maximum absolute atomic E-state index is 12.8. The summed E-state index contributed by atoms with van der Waals surface area (Å²) in [4.78, 5) is 12.8. The topological polar surface area (TPSA) is 40.5 Å². The van der Waals surface area contributed by atoms with Gasteiger partial charge in [0.2, 0.25) is 0 Å². The first-order valence-electron chi connectivity index (χ1n) is 4.23. The number of rotatable bonds is 2. The monoisotopic (exact) mass is 207 g/mol. The minimum Gasteiger partial charge on any atom is -0.507 e. The summed E-state index contributed by atoms with van der Waals surface area (Å²) >= 11 is 0. The molecule has 0 saturated heterocycles. The van der Waals surface area contributed by atoms with Crippen molar-refractivity contribution in [3.8, 4) is 18.1 Å². The van der Waals surface area contributed by atoms with Crippen LogP contribution in [0.3, 0.4) is 0 Å². The lowest BCUT2D eigenvalue weighted by Gasteiger charge is -2.14. The Bertz CT molecular complexity index is 423. The highest BCUT2D eigenvalue weighted by Gasteiger charge is 2.15. The summed E-state index contributed by atoms with van der Waals surface area (Å²) < 4.78 is 12.8. The first-order chi connectivity index (χ1) is 7.06. The first kappa shape index (κ1) is 11.1. The zero-order valence-electron chi connectivity index (χ0n) is 8.20. The van der Waals surface area contributed by atoms with Crippen LogP contribution < -0.4 is 0 Å². The molecule has 0 fully saturated rings. The van der Waals surface area contributed by atoms with Crippen molar-refractivity contribution in [2.75, 3.05) is 13.6 Å². The third-order valence-corrected chi connectivity index (χ3v) is 1.86. The van der Waals surface area contributed by atoms with Gasteiger partial charge in [-0.1, -0.05) is 5.92 Å². The van der Waals surface area contributed by atoms with Crippen LogP contribution in [0.1, 0.15) is 10.4 Å². The molecular weight excluding hydrogens is 197 g/mol. The average molecular weight is 207 g/mol. The number of benzene rings is 1. The number of terminal acetylenes is 1. The van der Waals surface area contributed by atoms with Crippen LogP contribution in [-0.4, -0.2) is 29.5 Å². The Morgan fingerprint density at radius 2 is 2.33 bits per heavy atom. The molecule has 0 bridgehead atoms. The summed E-state index contributed by atoms with van der Waals surface area (Å²) in [6, 6.07) is 3.18. The highest BCUT2D eigenvalue weighted by molar-refractivity contribution is 5.96. The second-order valence-electron chi connectivity index (χ2n) is 3.03. The van der Waals surface area contributed by atoms with Crippen molar-refractivity contribution in [2.24, 2.45) is 0 Å². The number of nitrogens with zero attached hydrogens (tertiary/aromatic N) is 1. The second-order valence-corrected chi connectivity index (χ2v) is 3.03. The van der Waals surface area contributed by atoms with Crippen molar-refractivity contribution in [3.63, 3.8) is 0 Å². The summed E-state index contributed by atoms with van der Waals surface area (Å²) in [5.41, 5.74) is -0.0900. The lowest BCUT2D eigenvalue weighted by molar-refractivity contribution is 0.0809. The number of aromatic hydroxyl groups is 1. The van der Waals surface area contributed by atoms with Gasteiger partial charge in [-0.2, -0.15) is 0 Å². The van der Waals surface area contributed by atoms with Gasteiger partial charge in [0.1, 0.15) is 11.6 Å². The van der Waals surface area contributed by atoms with Gasteiger partial charge in [-0.15, -0.1) is 6.42 Å². The molecule has 0 aliphatic carbocycles. The van der Waals surface area contributed by atoms with Gasteiger partial charge in [0.15, 0.2) is 0 Å². The molecule has 4 heteroatoms. The van der Waals surface area contributed by atoms with E-state index < -0.39 is 11.7 Å². The van der Waals surface area contributed by atoms with Gasteiger partial charge in [-0.3, -0.25) is 4.79 Å². The Morgan fingerprint density at radius 1 is 1.67 bits per heavy atom. The lowest BCUT2D eigenvalue weighted by atomic mass is 10.1. The molecular formula is C11H10FNO2. The van der Waals surface area contributed by atoms with Gasteiger partial charge in [0.25, 0.3) is 5.91 Å². The van der Waals surface area contributed by atoms with Gasteiger partial charge in [-0.25, -0.2) is 4.39 Å². The number of hydrogen-bond acceptors (Lipinski definition) is 2. The molecule has 1 N–H and O–H groups in total. The summed E-state index contributed by atoms with van der Waals surface area (Å²) in [6.45, 7) is 0.106. The fourth-order valence-corrected chi connectivity index (χ4v) is 1.09. The van der Waals surface area contributed by atoms with Crippen LogP contribution in [0, 0.1) is 18.2 Å².